The Labute approximate surface area is 125 Å². The molecule has 0 radical (unpaired) electrons. The lowest BCUT2D eigenvalue weighted by Crippen LogP contribution is -2.37. The van der Waals surface area contributed by atoms with Crippen LogP contribution in [0, 0.1) is 10.1 Å². The highest BCUT2D eigenvalue weighted by molar-refractivity contribution is 6.04. The van der Waals surface area contributed by atoms with Crippen molar-refractivity contribution in [3.05, 3.63) is 68.6 Å². The number of non-ortho nitro benzene ring substituents is 1. The first-order valence-electron chi connectivity index (χ1n) is 6.63. The van der Waals surface area contributed by atoms with E-state index >= 15 is 0 Å². The van der Waals surface area contributed by atoms with Crippen molar-refractivity contribution in [2.24, 2.45) is 4.99 Å². The summed E-state index contributed by atoms with van der Waals surface area (Å²) in [6, 6.07) is 8.98. The van der Waals surface area contributed by atoms with Crippen molar-refractivity contribution in [1.29, 1.82) is 0 Å². The minimum atomic E-state index is -0.867. The zero-order chi connectivity index (χ0) is 15.9. The highest BCUT2D eigenvalue weighted by Crippen LogP contribution is 2.33. The molecule has 112 valence electrons. The van der Waals surface area contributed by atoms with Gasteiger partial charge < -0.3 is 4.74 Å². The lowest BCUT2D eigenvalue weighted by atomic mass is 10.1. The van der Waals surface area contributed by atoms with Crippen LogP contribution in [0.15, 0.2) is 52.4 Å². The molecular formula is C15H13N3O4. The molecule has 0 saturated heterocycles. The average Bonchev–Trinajstić information content (AvgIpc) is 2.45. The van der Waals surface area contributed by atoms with Gasteiger partial charge in [-0.2, -0.15) is 0 Å². The van der Waals surface area contributed by atoms with Crippen LogP contribution >= 0.6 is 0 Å². The third-order valence-electron chi connectivity index (χ3n) is 3.20. The average molecular weight is 299 g/mol. The predicted octanol–water partition coefficient (Wildman–Crippen LogP) is 2.18. The van der Waals surface area contributed by atoms with Crippen molar-refractivity contribution in [3.8, 4) is 5.75 Å². The van der Waals surface area contributed by atoms with E-state index in [0.717, 1.165) is 0 Å². The van der Waals surface area contributed by atoms with Crippen LogP contribution in [0.25, 0.3) is 0 Å². The van der Waals surface area contributed by atoms with Crippen molar-refractivity contribution in [1.82, 2.24) is 4.57 Å². The van der Waals surface area contributed by atoms with Crippen LogP contribution in [0.5, 0.6) is 5.75 Å². The van der Waals surface area contributed by atoms with Gasteiger partial charge in [-0.3, -0.25) is 19.5 Å². The summed E-state index contributed by atoms with van der Waals surface area (Å²) in [6.45, 7) is 3.51. The molecule has 0 amide bonds. The van der Waals surface area contributed by atoms with Crippen LogP contribution in [0.4, 0.5) is 5.69 Å². The Kier molecular flexibility index (Phi) is 3.05. The van der Waals surface area contributed by atoms with Crippen molar-refractivity contribution in [2.75, 3.05) is 0 Å². The molecule has 2 heterocycles. The SMILES string of the molecule is CC1(C)N=C(n2ccccc2=O)c2cc([N+](=O)[O-])ccc2O1. The number of hydrogen-bond donors (Lipinski definition) is 0. The number of aromatic nitrogens is 1. The Morgan fingerprint density at radius 2 is 2.05 bits per heavy atom. The maximum atomic E-state index is 12.1. The van der Waals surface area contributed by atoms with Crippen LogP contribution in [0.2, 0.25) is 0 Å². The van der Waals surface area contributed by atoms with Gasteiger partial charge in [-0.05, 0) is 26.0 Å². The number of hydrogen-bond acceptors (Lipinski definition) is 5. The largest absolute Gasteiger partial charge is 0.466 e. The molecular weight excluding hydrogens is 286 g/mol. The topological polar surface area (TPSA) is 86.7 Å². The Hall–Kier alpha value is -2.96. The molecule has 0 aliphatic carbocycles. The monoisotopic (exact) mass is 299 g/mol. The van der Waals surface area contributed by atoms with Gasteiger partial charge in [0.1, 0.15) is 11.6 Å². The lowest BCUT2D eigenvalue weighted by molar-refractivity contribution is -0.384. The van der Waals surface area contributed by atoms with Gasteiger partial charge in [0.15, 0.2) is 5.72 Å². The molecule has 0 saturated carbocycles. The number of ether oxygens (including phenoxy) is 1. The summed E-state index contributed by atoms with van der Waals surface area (Å²) in [5, 5.41) is 11.0. The molecule has 0 spiro atoms. The van der Waals surface area contributed by atoms with Gasteiger partial charge in [-0.1, -0.05) is 6.07 Å². The fourth-order valence-electron chi connectivity index (χ4n) is 2.29. The molecule has 0 unspecified atom stereocenters. The molecule has 2 aromatic rings. The summed E-state index contributed by atoms with van der Waals surface area (Å²) in [5.74, 6) is 0.789. The third-order valence-corrected chi connectivity index (χ3v) is 3.20. The molecule has 1 aliphatic rings. The van der Waals surface area contributed by atoms with Gasteiger partial charge in [0.05, 0.1) is 10.5 Å². The number of rotatable bonds is 1. The van der Waals surface area contributed by atoms with Crippen LogP contribution in [0.1, 0.15) is 19.4 Å². The fraction of sp³-hybridized carbons (Fsp3) is 0.200. The lowest BCUT2D eigenvalue weighted by Gasteiger charge is -2.30. The van der Waals surface area contributed by atoms with Gasteiger partial charge in [0, 0.05) is 24.4 Å². The van der Waals surface area contributed by atoms with Crippen molar-refractivity contribution < 1.29 is 9.66 Å². The van der Waals surface area contributed by atoms with E-state index < -0.39 is 10.6 Å². The zero-order valence-corrected chi connectivity index (χ0v) is 12.0. The first-order valence-corrected chi connectivity index (χ1v) is 6.63. The van der Waals surface area contributed by atoms with Gasteiger partial charge in [-0.25, -0.2) is 4.99 Å². The minimum Gasteiger partial charge on any atom is -0.466 e. The highest BCUT2D eigenvalue weighted by Gasteiger charge is 2.30. The molecule has 7 heteroatoms. The smallest absolute Gasteiger partial charge is 0.270 e. The molecule has 22 heavy (non-hydrogen) atoms. The molecule has 7 nitrogen and oxygen atoms in total. The Bertz CT molecular complexity index is 852. The predicted molar refractivity (Wildman–Crippen MR) is 80.4 cm³/mol. The number of nitro benzene ring substituents is 1. The van der Waals surface area contributed by atoms with Crippen molar-refractivity contribution in [3.63, 3.8) is 0 Å². The van der Waals surface area contributed by atoms with E-state index in [2.05, 4.69) is 4.99 Å². The first-order chi connectivity index (χ1) is 10.4. The number of nitrogens with zero attached hydrogens (tertiary/aromatic N) is 3. The van der Waals surface area contributed by atoms with Gasteiger partial charge >= 0.3 is 0 Å². The van der Waals surface area contributed by atoms with Gasteiger partial charge in [0.2, 0.25) is 0 Å². The summed E-state index contributed by atoms with van der Waals surface area (Å²) in [5.41, 5.74) is -0.801. The van der Waals surface area contributed by atoms with E-state index in [1.807, 2.05) is 0 Å². The van der Waals surface area contributed by atoms with E-state index in [1.54, 1.807) is 32.2 Å². The van der Waals surface area contributed by atoms with Crippen LogP contribution in [-0.2, 0) is 0 Å². The highest BCUT2D eigenvalue weighted by atomic mass is 16.6. The summed E-state index contributed by atoms with van der Waals surface area (Å²) in [6.07, 6.45) is 1.57. The maximum absolute atomic E-state index is 12.1. The Balaban J connectivity index is 2.27. The van der Waals surface area contributed by atoms with E-state index in [-0.39, 0.29) is 11.2 Å². The Morgan fingerprint density at radius 1 is 1.27 bits per heavy atom. The van der Waals surface area contributed by atoms with Crippen LogP contribution < -0.4 is 10.3 Å². The number of aliphatic imine (C=N–C) groups is 1. The number of benzene rings is 1. The first kappa shape index (κ1) is 14.0. The van der Waals surface area contributed by atoms with Gasteiger partial charge in [0.25, 0.3) is 11.2 Å². The Morgan fingerprint density at radius 3 is 2.73 bits per heavy atom. The summed E-state index contributed by atoms with van der Waals surface area (Å²) in [7, 11) is 0. The molecule has 0 atom stereocenters. The molecule has 1 aromatic carbocycles. The second-order valence-electron chi connectivity index (χ2n) is 5.33. The van der Waals surface area contributed by atoms with Crippen LogP contribution in [-0.4, -0.2) is 21.1 Å². The third kappa shape index (κ3) is 2.37. The number of fused-ring (bicyclic) bond motifs is 1. The second kappa shape index (κ2) is 4.80. The quantitative estimate of drug-likeness (QED) is 0.596. The fourth-order valence-corrected chi connectivity index (χ4v) is 2.29. The molecule has 1 aromatic heterocycles. The van der Waals surface area contributed by atoms with Gasteiger partial charge in [-0.15, -0.1) is 0 Å². The maximum Gasteiger partial charge on any atom is 0.270 e. The summed E-state index contributed by atoms with van der Waals surface area (Å²) < 4.78 is 7.07. The van der Waals surface area contributed by atoms with E-state index in [4.69, 9.17) is 4.74 Å². The van der Waals surface area contributed by atoms with E-state index in [0.29, 0.717) is 17.1 Å². The molecule has 0 N–H and O–H groups in total. The van der Waals surface area contributed by atoms with Crippen LogP contribution in [0.3, 0.4) is 0 Å². The van der Waals surface area contributed by atoms with E-state index in [1.165, 1.54) is 28.8 Å². The molecule has 3 rings (SSSR count). The second-order valence-corrected chi connectivity index (χ2v) is 5.33. The normalized spacial score (nSPS) is 15.5. The van der Waals surface area contributed by atoms with Crippen molar-refractivity contribution in [2.45, 2.75) is 19.6 Å². The standard InChI is InChI=1S/C15H13N3O4/c1-15(2)16-14(17-8-4-3-5-13(17)19)11-9-10(18(20)21)6-7-12(11)22-15/h3-9H,1-2H3. The zero-order valence-electron chi connectivity index (χ0n) is 12.0. The summed E-state index contributed by atoms with van der Waals surface area (Å²) >= 11 is 0. The molecule has 0 bridgehead atoms. The van der Waals surface area contributed by atoms with Crippen molar-refractivity contribution >= 4 is 11.5 Å². The number of pyridine rings is 1. The minimum absolute atomic E-state index is 0.0845. The number of nitro groups is 1. The molecule has 1 aliphatic heterocycles. The molecule has 0 fully saturated rings. The summed E-state index contributed by atoms with van der Waals surface area (Å²) in [4.78, 5) is 27.0. The van der Waals surface area contributed by atoms with E-state index in [9.17, 15) is 14.9 Å².